The lowest BCUT2D eigenvalue weighted by atomic mass is 9.99. The quantitative estimate of drug-likeness (QED) is 0.855. The summed E-state index contributed by atoms with van der Waals surface area (Å²) >= 11 is 0. The molecule has 4 nitrogen and oxygen atoms in total. The van der Waals surface area contributed by atoms with Crippen molar-refractivity contribution in [3.05, 3.63) is 35.4 Å². The molecule has 0 radical (unpaired) electrons. The molecule has 0 aromatic heterocycles. The van der Waals surface area contributed by atoms with Crippen molar-refractivity contribution in [2.24, 2.45) is 0 Å². The molecule has 0 bridgehead atoms. The van der Waals surface area contributed by atoms with Gasteiger partial charge < -0.3 is 14.4 Å². The number of nitrogens with zero attached hydrogens (tertiary/aromatic N) is 1. The van der Waals surface area contributed by atoms with E-state index in [0.29, 0.717) is 13.2 Å². The summed E-state index contributed by atoms with van der Waals surface area (Å²) in [5, 5.41) is 0. The Bertz CT molecular complexity index is 485. The third-order valence-corrected chi connectivity index (χ3v) is 4.30. The molecular weight excluding hydrogens is 266 g/mol. The van der Waals surface area contributed by atoms with E-state index in [1.807, 2.05) is 29.2 Å². The van der Waals surface area contributed by atoms with Gasteiger partial charge in [0, 0.05) is 30.6 Å². The predicted molar refractivity (Wildman–Crippen MR) is 80.1 cm³/mol. The minimum absolute atomic E-state index is 0.136. The number of ether oxygens (including phenoxy) is 2. The Morgan fingerprint density at radius 1 is 1.14 bits per heavy atom. The molecule has 0 unspecified atom stereocenters. The highest BCUT2D eigenvalue weighted by Gasteiger charge is 2.37. The van der Waals surface area contributed by atoms with E-state index in [-0.39, 0.29) is 5.91 Å². The Morgan fingerprint density at radius 2 is 1.76 bits per heavy atom. The second-order valence-corrected chi connectivity index (χ2v) is 5.78. The summed E-state index contributed by atoms with van der Waals surface area (Å²) in [6, 6.07) is 7.76. The average Bonchev–Trinajstić information content (AvgIpc) is 3.19. The standard InChI is InChI=1S/C17H23NO3/c1-2-9-17(20-12-13-21-17)15-7-5-14(6-8-15)16(19)18-10-3-4-11-18/h5-8H,2-4,9-13H2,1H3. The Hall–Kier alpha value is -1.39. The molecule has 21 heavy (non-hydrogen) atoms. The first-order chi connectivity index (χ1) is 10.2. The first-order valence-electron chi connectivity index (χ1n) is 7.93. The van der Waals surface area contributed by atoms with E-state index in [1.54, 1.807) is 0 Å². The minimum atomic E-state index is -0.607. The first-order valence-corrected chi connectivity index (χ1v) is 7.93. The second-order valence-electron chi connectivity index (χ2n) is 5.78. The molecule has 0 N–H and O–H groups in total. The molecule has 114 valence electrons. The van der Waals surface area contributed by atoms with Crippen LogP contribution in [0.25, 0.3) is 0 Å². The van der Waals surface area contributed by atoms with Crippen molar-refractivity contribution in [2.75, 3.05) is 26.3 Å². The summed E-state index contributed by atoms with van der Waals surface area (Å²) in [6.45, 7) is 5.15. The van der Waals surface area contributed by atoms with Gasteiger partial charge >= 0.3 is 0 Å². The van der Waals surface area contributed by atoms with Crippen LogP contribution in [0.1, 0.15) is 48.5 Å². The molecule has 0 aliphatic carbocycles. The molecule has 0 saturated carbocycles. The van der Waals surface area contributed by atoms with E-state index in [0.717, 1.165) is 49.9 Å². The van der Waals surface area contributed by atoms with Gasteiger partial charge in [0.05, 0.1) is 13.2 Å². The fraction of sp³-hybridized carbons (Fsp3) is 0.588. The van der Waals surface area contributed by atoms with Crippen LogP contribution in [-0.2, 0) is 15.3 Å². The summed E-state index contributed by atoms with van der Waals surface area (Å²) < 4.78 is 11.7. The highest BCUT2D eigenvalue weighted by Crippen LogP contribution is 2.36. The van der Waals surface area contributed by atoms with Crippen LogP contribution in [0.2, 0.25) is 0 Å². The molecule has 4 heteroatoms. The molecule has 2 heterocycles. The highest BCUT2D eigenvalue weighted by atomic mass is 16.7. The molecule has 2 aliphatic heterocycles. The fourth-order valence-corrected chi connectivity index (χ4v) is 3.21. The smallest absolute Gasteiger partial charge is 0.253 e. The van der Waals surface area contributed by atoms with Gasteiger partial charge in [-0.3, -0.25) is 4.79 Å². The van der Waals surface area contributed by atoms with Crippen molar-refractivity contribution in [2.45, 2.75) is 38.4 Å². The Balaban J connectivity index is 1.78. The van der Waals surface area contributed by atoms with Gasteiger partial charge in [0.25, 0.3) is 5.91 Å². The van der Waals surface area contributed by atoms with Crippen LogP contribution < -0.4 is 0 Å². The molecule has 1 aromatic carbocycles. The third-order valence-electron chi connectivity index (χ3n) is 4.30. The van der Waals surface area contributed by atoms with Crippen molar-refractivity contribution < 1.29 is 14.3 Å². The summed E-state index contributed by atoms with van der Waals surface area (Å²) in [5.41, 5.74) is 1.77. The number of amides is 1. The molecule has 1 aromatic rings. The lowest BCUT2D eigenvalue weighted by Gasteiger charge is -2.27. The molecule has 1 amide bonds. The number of likely N-dealkylation sites (tertiary alicyclic amines) is 1. The Labute approximate surface area is 126 Å². The minimum Gasteiger partial charge on any atom is -0.343 e. The van der Waals surface area contributed by atoms with Crippen LogP contribution in [0, 0.1) is 0 Å². The molecule has 3 rings (SSSR count). The summed E-state index contributed by atoms with van der Waals surface area (Å²) in [7, 11) is 0. The monoisotopic (exact) mass is 289 g/mol. The van der Waals surface area contributed by atoms with Crippen LogP contribution in [-0.4, -0.2) is 37.1 Å². The molecular formula is C17H23NO3. The molecule has 2 fully saturated rings. The van der Waals surface area contributed by atoms with Gasteiger partial charge in [0.15, 0.2) is 5.79 Å². The van der Waals surface area contributed by atoms with Crippen molar-refractivity contribution in [3.63, 3.8) is 0 Å². The third kappa shape index (κ3) is 2.83. The SMILES string of the molecule is CCCC1(c2ccc(C(=O)N3CCCC3)cc2)OCCO1. The maximum absolute atomic E-state index is 12.3. The number of benzene rings is 1. The number of hydrogen-bond acceptors (Lipinski definition) is 3. The van der Waals surface area contributed by atoms with Gasteiger partial charge in [0.2, 0.25) is 0 Å². The topological polar surface area (TPSA) is 38.8 Å². The van der Waals surface area contributed by atoms with Crippen molar-refractivity contribution >= 4 is 5.91 Å². The highest BCUT2D eigenvalue weighted by molar-refractivity contribution is 5.94. The van der Waals surface area contributed by atoms with Crippen molar-refractivity contribution in [3.8, 4) is 0 Å². The number of hydrogen-bond donors (Lipinski definition) is 0. The van der Waals surface area contributed by atoms with Gasteiger partial charge in [-0.15, -0.1) is 0 Å². The number of carbonyl (C=O) groups excluding carboxylic acids is 1. The molecule has 2 aliphatic rings. The van der Waals surface area contributed by atoms with Crippen molar-refractivity contribution in [1.82, 2.24) is 4.90 Å². The van der Waals surface area contributed by atoms with Gasteiger partial charge in [-0.05, 0) is 25.0 Å². The summed E-state index contributed by atoms with van der Waals surface area (Å²) in [6.07, 6.45) is 4.07. The van der Waals surface area contributed by atoms with Gasteiger partial charge in [-0.25, -0.2) is 0 Å². The van der Waals surface area contributed by atoms with E-state index < -0.39 is 5.79 Å². The predicted octanol–water partition coefficient (Wildman–Crippen LogP) is 2.92. The Morgan fingerprint density at radius 3 is 2.33 bits per heavy atom. The van der Waals surface area contributed by atoms with E-state index >= 15 is 0 Å². The fourth-order valence-electron chi connectivity index (χ4n) is 3.21. The van der Waals surface area contributed by atoms with Crippen molar-refractivity contribution in [1.29, 1.82) is 0 Å². The first kappa shape index (κ1) is 14.5. The summed E-state index contributed by atoms with van der Waals surface area (Å²) in [5.74, 6) is -0.471. The van der Waals surface area contributed by atoms with E-state index in [9.17, 15) is 4.79 Å². The van der Waals surface area contributed by atoms with E-state index in [1.165, 1.54) is 0 Å². The number of carbonyl (C=O) groups is 1. The van der Waals surface area contributed by atoms with Gasteiger partial charge in [0.1, 0.15) is 0 Å². The summed E-state index contributed by atoms with van der Waals surface area (Å²) in [4.78, 5) is 14.3. The second kappa shape index (κ2) is 6.16. The lowest BCUT2D eigenvalue weighted by Crippen LogP contribution is -2.29. The lowest BCUT2D eigenvalue weighted by molar-refractivity contribution is -0.170. The largest absolute Gasteiger partial charge is 0.343 e. The zero-order chi connectivity index (χ0) is 14.7. The zero-order valence-electron chi connectivity index (χ0n) is 12.6. The van der Waals surface area contributed by atoms with E-state index in [2.05, 4.69) is 6.92 Å². The van der Waals surface area contributed by atoms with Crippen LogP contribution in [0.15, 0.2) is 24.3 Å². The number of rotatable bonds is 4. The zero-order valence-corrected chi connectivity index (χ0v) is 12.6. The maximum atomic E-state index is 12.3. The molecule has 0 atom stereocenters. The van der Waals surface area contributed by atoms with Gasteiger partial charge in [-0.1, -0.05) is 25.5 Å². The van der Waals surface area contributed by atoms with E-state index in [4.69, 9.17) is 9.47 Å². The van der Waals surface area contributed by atoms with Crippen LogP contribution in [0.3, 0.4) is 0 Å². The maximum Gasteiger partial charge on any atom is 0.253 e. The molecule has 0 spiro atoms. The van der Waals surface area contributed by atoms with Crippen LogP contribution in [0.4, 0.5) is 0 Å². The van der Waals surface area contributed by atoms with Gasteiger partial charge in [-0.2, -0.15) is 0 Å². The Kier molecular flexibility index (Phi) is 4.27. The van der Waals surface area contributed by atoms with Crippen LogP contribution >= 0.6 is 0 Å². The van der Waals surface area contributed by atoms with Crippen LogP contribution in [0.5, 0.6) is 0 Å². The average molecular weight is 289 g/mol. The normalized spacial score (nSPS) is 20.9. The molecule has 2 saturated heterocycles.